The molecule has 1 aromatic carbocycles. The van der Waals surface area contributed by atoms with Gasteiger partial charge in [-0.15, -0.1) is 0 Å². The molecule has 0 spiro atoms. The van der Waals surface area contributed by atoms with Gasteiger partial charge < -0.3 is 10.0 Å². The highest BCUT2D eigenvalue weighted by atomic mass is 16.3. The average Bonchev–Trinajstić information content (AvgIpc) is 2.95. The van der Waals surface area contributed by atoms with Gasteiger partial charge in [-0.25, -0.2) is 4.68 Å². The number of carbonyl (C=O) groups excluding carboxylic acids is 1. The maximum absolute atomic E-state index is 11.9. The molecule has 0 radical (unpaired) electrons. The van der Waals surface area contributed by atoms with Crippen molar-refractivity contribution >= 4 is 5.91 Å². The molecule has 0 bridgehead atoms. The van der Waals surface area contributed by atoms with E-state index in [0.717, 1.165) is 11.3 Å². The fourth-order valence-corrected chi connectivity index (χ4v) is 2.00. The van der Waals surface area contributed by atoms with Crippen LogP contribution in [0.25, 0.3) is 5.69 Å². The van der Waals surface area contributed by atoms with Crippen LogP contribution in [-0.2, 0) is 0 Å². The minimum atomic E-state index is -0.539. The number of hydrogen-bond donors (Lipinski definition) is 1. The zero-order chi connectivity index (χ0) is 14.7. The minimum Gasteiger partial charge on any atom is -0.388 e. The lowest BCUT2D eigenvalue weighted by molar-refractivity contribution is 0.0821. The second-order valence-electron chi connectivity index (χ2n) is 4.83. The zero-order valence-electron chi connectivity index (χ0n) is 11.9. The van der Waals surface area contributed by atoms with E-state index < -0.39 is 6.10 Å². The van der Waals surface area contributed by atoms with Gasteiger partial charge in [0.2, 0.25) is 0 Å². The van der Waals surface area contributed by atoms with Crippen molar-refractivity contribution in [2.75, 3.05) is 14.1 Å². The van der Waals surface area contributed by atoms with Gasteiger partial charge in [-0.1, -0.05) is 25.1 Å². The van der Waals surface area contributed by atoms with Gasteiger partial charge in [-0.05, 0) is 18.6 Å². The first kappa shape index (κ1) is 14.3. The topological polar surface area (TPSA) is 58.4 Å². The van der Waals surface area contributed by atoms with Gasteiger partial charge in [0.15, 0.2) is 5.69 Å². The summed E-state index contributed by atoms with van der Waals surface area (Å²) in [4.78, 5) is 13.4. The summed E-state index contributed by atoms with van der Waals surface area (Å²) in [5.41, 5.74) is 1.98. The molecule has 0 aliphatic heterocycles. The van der Waals surface area contributed by atoms with Gasteiger partial charge in [0, 0.05) is 25.9 Å². The fraction of sp³-hybridized carbons (Fsp3) is 0.333. The molecule has 1 aromatic heterocycles. The first-order chi connectivity index (χ1) is 9.54. The van der Waals surface area contributed by atoms with E-state index in [9.17, 15) is 9.90 Å². The van der Waals surface area contributed by atoms with E-state index in [1.54, 1.807) is 31.0 Å². The van der Waals surface area contributed by atoms with Gasteiger partial charge in [-0.2, -0.15) is 5.10 Å². The molecule has 106 valence electrons. The molecule has 0 aliphatic rings. The summed E-state index contributed by atoms with van der Waals surface area (Å²) in [5, 5.41) is 14.4. The molecule has 0 saturated heterocycles. The first-order valence-corrected chi connectivity index (χ1v) is 6.59. The third-order valence-electron chi connectivity index (χ3n) is 3.14. The predicted octanol–water partition coefficient (Wildman–Crippen LogP) is 2.02. The van der Waals surface area contributed by atoms with Gasteiger partial charge in [-0.3, -0.25) is 4.79 Å². The molecular formula is C15H19N3O2. The van der Waals surface area contributed by atoms with E-state index in [0.29, 0.717) is 12.1 Å². The van der Waals surface area contributed by atoms with Gasteiger partial charge in [0.05, 0.1) is 11.8 Å². The van der Waals surface area contributed by atoms with Crippen molar-refractivity contribution in [3.63, 3.8) is 0 Å². The molecule has 0 unspecified atom stereocenters. The normalized spacial score (nSPS) is 12.2. The number of hydrogen-bond acceptors (Lipinski definition) is 3. The van der Waals surface area contributed by atoms with Crippen molar-refractivity contribution in [2.24, 2.45) is 0 Å². The highest BCUT2D eigenvalue weighted by Crippen LogP contribution is 2.23. The number of para-hydroxylation sites is 1. The van der Waals surface area contributed by atoms with E-state index in [2.05, 4.69) is 5.10 Å². The average molecular weight is 273 g/mol. The largest absolute Gasteiger partial charge is 0.388 e. The molecule has 1 N–H and O–H groups in total. The van der Waals surface area contributed by atoms with Crippen LogP contribution in [0.2, 0.25) is 0 Å². The standard InChI is InChI=1S/C15H19N3O2/c1-4-14(19)11-7-5-6-8-13(11)18-10-9-12(16-18)15(20)17(2)3/h5-10,14,19H,4H2,1-3H3/t14-/m1/s1. The first-order valence-electron chi connectivity index (χ1n) is 6.59. The van der Waals surface area contributed by atoms with Gasteiger partial charge >= 0.3 is 0 Å². The van der Waals surface area contributed by atoms with Crippen molar-refractivity contribution in [2.45, 2.75) is 19.4 Å². The Bertz CT molecular complexity index is 605. The SMILES string of the molecule is CC[C@@H](O)c1ccccc1-n1ccc(C(=O)N(C)C)n1. The van der Waals surface area contributed by atoms with E-state index >= 15 is 0 Å². The number of rotatable bonds is 4. The Balaban J connectivity index is 2.40. The zero-order valence-corrected chi connectivity index (χ0v) is 11.9. The van der Waals surface area contributed by atoms with Crippen LogP contribution < -0.4 is 0 Å². The van der Waals surface area contributed by atoms with Crippen LogP contribution in [0.1, 0.15) is 35.5 Å². The Labute approximate surface area is 118 Å². The molecule has 20 heavy (non-hydrogen) atoms. The lowest BCUT2D eigenvalue weighted by Crippen LogP contribution is -2.22. The van der Waals surface area contributed by atoms with Gasteiger partial charge in [0.1, 0.15) is 0 Å². The van der Waals surface area contributed by atoms with E-state index in [1.165, 1.54) is 4.90 Å². The highest BCUT2D eigenvalue weighted by molar-refractivity contribution is 5.91. The third-order valence-corrected chi connectivity index (χ3v) is 3.14. The molecule has 0 saturated carbocycles. The summed E-state index contributed by atoms with van der Waals surface area (Å²) < 4.78 is 1.63. The number of amides is 1. The quantitative estimate of drug-likeness (QED) is 0.927. The van der Waals surface area contributed by atoms with Crippen LogP contribution in [0.4, 0.5) is 0 Å². The van der Waals surface area contributed by atoms with Crippen LogP contribution in [-0.4, -0.2) is 39.8 Å². The molecular weight excluding hydrogens is 254 g/mol. The molecule has 1 heterocycles. The summed E-state index contributed by atoms with van der Waals surface area (Å²) >= 11 is 0. The van der Waals surface area contributed by atoms with Crippen LogP contribution in [0.5, 0.6) is 0 Å². The number of nitrogens with zero attached hydrogens (tertiary/aromatic N) is 3. The molecule has 2 rings (SSSR count). The maximum Gasteiger partial charge on any atom is 0.273 e. The summed E-state index contributed by atoms with van der Waals surface area (Å²) in [6, 6.07) is 9.20. The van der Waals surface area contributed by atoms with Crippen molar-refractivity contribution in [3.05, 3.63) is 47.8 Å². The molecule has 0 aliphatic carbocycles. The van der Waals surface area contributed by atoms with Crippen molar-refractivity contribution in [3.8, 4) is 5.69 Å². The number of benzene rings is 1. The number of aliphatic hydroxyl groups is 1. The molecule has 5 heteroatoms. The molecule has 1 atom stereocenters. The third kappa shape index (κ3) is 2.72. The summed E-state index contributed by atoms with van der Waals surface area (Å²) in [7, 11) is 3.38. The Kier molecular flexibility index (Phi) is 4.20. The smallest absolute Gasteiger partial charge is 0.273 e. The minimum absolute atomic E-state index is 0.141. The van der Waals surface area contributed by atoms with Crippen LogP contribution >= 0.6 is 0 Å². The Morgan fingerprint density at radius 3 is 2.70 bits per heavy atom. The monoisotopic (exact) mass is 273 g/mol. The fourth-order valence-electron chi connectivity index (χ4n) is 2.00. The summed E-state index contributed by atoms with van der Waals surface area (Å²) in [5.74, 6) is -0.141. The summed E-state index contributed by atoms with van der Waals surface area (Å²) in [6.45, 7) is 1.92. The van der Waals surface area contributed by atoms with Crippen molar-refractivity contribution < 1.29 is 9.90 Å². The Morgan fingerprint density at radius 1 is 1.35 bits per heavy atom. The van der Waals surface area contributed by atoms with Gasteiger partial charge in [0.25, 0.3) is 5.91 Å². The molecule has 0 fully saturated rings. The Morgan fingerprint density at radius 2 is 2.05 bits per heavy atom. The van der Waals surface area contributed by atoms with E-state index in [1.807, 2.05) is 31.2 Å². The summed E-state index contributed by atoms with van der Waals surface area (Å²) in [6.07, 6.45) is 1.82. The maximum atomic E-state index is 11.9. The Hall–Kier alpha value is -2.14. The second kappa shape index (κ2) is 5.88. The molecule has 5 nitrogen and oxygen atoms in total. The van der Waals surface area contributed by atoms with Crippen LogP contribution in [0.3, 0.4) is 0 Å². The number of aromatic nitrogens is 2. The van der Waals surface area contributed by atoms with Crippen LogP contribution in [0, 0.1) is 0 Å². The lowest BCUT2D eigenvalue weighted by atomic mass is 10.1. The van der Waals surface area contributed by atoms with E-state index in [-0.39, 0.29) is 5.91 Å². The van der Waals surface area contributed by atoms with E-state index in [4.69, 9.17) is 0 Å². The van der Waals surface area contributed by atoms with Crippen molar-refractivity contribution in [1.82, 2.24) is 14.7 Å². The number of aliphatic hydroxyl groups excluding tert-OH is 1. The highest BCUT2D eigenvalue weighted by Gasteiger charge is 2.15. The molecule has 2 aromatic rings. The van der Waals surface area contributed by atoms with Crippen LogP contribution in [0.15, 0.2) is 36.5 Å². The van der Waals surface area contributed by atoms with Crippen molar-refractivity contribution in [1.29, 1.82) is 0 Å². The number of carbonyl (C=O) groups is 1. The second-order valence-corrected chi connectivity index (χ2v) is 4.83. The lowest BCUT2D eigenvalue weighted by Gasteiger charge is -2.14. The molecule has 1 amide bonds. The predicted molar refractivity (Wildman–Crippen MR) is 76.8 cm³/mol.